The van der Waals surface area contributed by atoms with Crippen molar-refractivity contribution in [3.8, 4) is 0 Å². The topological polar surface area (TPSA) is 61.9 Å². The molecule has 6 nitrogen and oxygen atoms in total. The minimum absolute atomic E-state index is 0.0339. The molecule has 0 saturated carbocycles. The number of likely N-dealkylation sites (N-methyl/N-ethyl adjacent to an activating group) is 1. The third-order valence-electron chi connectivity index (χ3n) is 5.14. The van der Waals surface area contributed by atoms with Crippen LogP contribution in [0.4, 0.5) is 5.69 Å². The van der Waals surface area contributed by atoms with Crippen molar-refractivity contribution in [1.29, 1.82) is 0 Å². The molecule has 1 N–H and O–H groups in total. The number of nitrogens with one attached hydrogen (secondary N) is 1. The molecular weight excluding hydrogens is 330 g/mol. The number of carbonyl (C=O) groups is 2. The molecule has 2 saturated heterocycles. The molecule has 1 amide bonds. The van der Waals surface area contributed by atoms with E-state index in [1.165, 1.54) is 0 Å². The highest BCUT2D eigenvalue weighted by Crippen LogP contribution is 2.17. The number of hydrogen-bond donors (Lipinski definition) is 1. The number of hydrogen-bond acceptors (Lipinski definition) is 5. The summed E-state index contributed by atoms with van der Waals surface area (Å²) in [6, 6.07) is 7.20. The van der Waals surface area contributed by atoms with E-state index < -0.39 is 0 Å². The van der Waals surface area contributed by atoms with E-state index in [9.17, 15) is 9.59 Å². The number of ether oxygens (including phenoxy) is 1. The normalized spacial score (nSPS) is 22.1. The van der Waals surface area contributed by atoms with Gasteiger partial charge in [-0.15, -0.1) is 0 Å². The number of nitrogens with zero attached hydrogens (tertiary/aromatic N) is 2. The van der Waals surface area contributed by atoms with Gasteiger partial charge in [0.05, 0.1) is 19.1 Å². The van der Waals surface area contributed by atoms with Gasteiger partial charge < -0.3 is 15.0 Å². The molecule has 0 aliphatic carbocycles. The lowest BCUT2D eigenvalue weighted by Crippen LogP contribution is -2.46. The fourth-order valence-electron chi connectivity index (χ4n) is 3.43. The largest absolute Gasteiger partial charge is 0.378 e. The quantitative estimate of drug-likeness (QED) is 0.788. The number of piperazine rings is 1. The first-order valence-electron chi connectivity index (χ1n) is 9.56. The van der Waals surface area contributed by atoms with Crippen LogP contribution in [0, 0.1) is 0 Å². The number of rotatable bonds is 6. The maximum Gasteiger partial charge on any atom is 0.226 e. The van der Waals surface area contributed by atoms with Gasteiger partial charge in [0.25, 0.3) is 0 Å². The van der Waals surface area contributed by atoms with E-state index in [0.29, 0.717) is 18.5 Å². The van der Waals surface area contributed by atoms with E-state index in [1.54, 1.807) is 24.3 Å². The molecule has 0 bridgehead atoms. The van der Waals surface area contributed by atoms with Gasteiger partial charge >= 0.3 is 0 Å². The lowest BCUT2D eigenvalue weighted by atomic mass is 10.1. The fourth-order valence-corrected chi connectivity index (χ4v) is 3.43. The smallest absolute Gasteiger partial charge is 0.226 e. The van der Waals surface area contributed by atoms with E-state index in [1.807, 2.05) is 0 Å². The highest BCUT2D eigenvalue weighted by molar-refractivity contribution is 5.98. The van der Waals surface area contributed by atoms with Crippen LogP contribution >= 0.6 is 0 Å². The first-order chi connectivity index (χ1) is 12.6. The minimum atomic E-state index is -0.0339. The van der Waals surface area contributed by atoms with Crippen molar-refractivity contribution < 1.29 is 14.3 Å². The van der Waals surface area contributed by atoms with Gasteiger partial charge in [-0.25, -0.2) is 0 Å². The van der Waals surface area contributed by atoms with Crippen LogP contribution in [-0.2, 0) is 9.53 Å². The Balaban J connectivity index is 1.46. The van der Waals surface area contributed by atoms with E-state index in [4.69, 9.17) is 4.74 Å². The summed E-state index contributed by atoms with van der Waals surface area (Å²) in [5.41, 5.74) is 1.42. The molecule has 26 heavy (non-hydrogen) atoms. The average Bonchev–Trinajstić information content (AvgIpc) is 2.65. The molecule has 6 heteroatoms. The summed E-state index contributed by atoms with van der Waals surface area (Å²) in [6.45, 7) is 5.08. The molecule has 142 valence electrons. The molecule has 1 aromatic rings. The predicted octanol–water partition coefficient (Wildman–Crippen LogP) is 2.01. The summed E-state index contributed by atoms with van der Waals surface area (Å²) in [5, 5.41) is 2.90. The van der Waals surface area contributed by atoms with Crippen molar-refractivity contribution in [3.05, 3.63) is 29.8 Å². The molecule has 2 heterocycles. The van der Waals surface area contributed by atoms with Gasteiger partial charge in [0, 0.05) is 44.0 Å². The highest BCUT2D eigenvalue weighted by Gasteiger charge is 2.19. The Bertz CT molecular complexity index is 603. The van der Waals surface area contributed by atoms with Crippen molar-refractivity contribution in [2.75, 3.05) is 51.7 Å². The van der Waals surface area contributed by atoms with E-state index in [0.717, 1.165) is 57.7 Å². The SMILES string of the molecule is CN1CCN(CC(=O)c2ccc(NC(=O)CC3CCCCO3)cc2)CC1. The third-order valence-corrected chi connectivity index (χ3v) is 5.14. The zero-order valence-electron chi connectivity index (χ0n) is 15.6. The van der Waals surface area contributed by atoms with Crippen LogP contribution in [0.2, 0.25) is 0 Å². The summed E-state index contributed by atoms with van der Waals surface area (Å²) in [7, 11) is 2.10. The summed E-state index contributed by atoms with van der Waals surface area (Å²) >= 11 is 0. The molecule has 0 radical (unpaired) electrons. The van der Waals surface area contributed by atoms with Crippen molar-refractivity contribution in [2.45, 2.75) is 31.8 Å². The number of carbonyl (C=O) groups excluding carboxylic acids is 2. The Morgan fingerprint density at radius 1 is 1.12 bits per heavy atom. The molecule has 1 unspecified atom stereocenters. The van der Waals surface area contributed by atoms with E-state index in [2.05, 4.69) is 22.2 Å². The molecular formula is C20H29N3O3. The van der Waals surface area contributed by atoms with Gasteiger partial charge in [-0.1, -0.05) is 0 Å². The van der Waals surface area contributed by atoms with Crippen LogP contribution in [0.5, 0.6) is 0 Å². The number of ketones is 1. The summed E-state index contributed by atoms with van der Waals surface area (Å²) < 4.78 is 5.60. The predicted molar refractivity (Wildman–Crippen MR) is 102 cm³/mol. The molecule has 2 aliphatic heterocycles. The van der Waals surface area contributed by atoms with Crippen molar-refractivity contribution in [3.63, 3.8) is 0 Å². The van der Waals surface area contributed by atoms with Crippen LogP contribution in [-0.4, -0.2) is 74.0 Å². The number of amides is 1. The second-order valence-electron chi connectivity index (χ2n) is 7.32. The molecule has 1 aromatic carbocycles. The van der Waals surface area contributed by atoms with Gasteiger partial charge in [-0.2, -0.15) is 0 Å². The minimum Gasteiger partial charge on any atom is -0.378 e. The second kappa shape index (κ2) is 9.26. The van der Waals surface area contributed by atoms with Gasteiger partial charge in [0.2, 0.25) is 5.91 Å². The Hall–Kier alpha value is -1.76. The number of Topliss-reactive ketones (excluding diaryl/α,β-unsaturated/α-hetero) is 1. The van der Waals surface area contributed by atoms with Gasteiger partial charge in [0.1, 0.15) is 0 Å². The third kappa shape index (κ3) is 5.62. The van der Waals surface area contributed by atoms with Gasteiger partial charge in [-0.05, 0) is 50.6 Å². The number of anilines is 1. The highest BCUT2D eigenvalue weighted by atomic mass is 16.5. The molecule has 0 aromatic heterocycles. The molecule has 3 rings (SSSR count). The Morgan fingerprint density at radius 3 is 2.50 bits per heavy atom. The molecule has 2 fully saturated rings. The van der Waals surface area contributed by atoms with Crippen LogP contribution in [0.25, 0.3) is 0 Å². The van der Waals surface area contributed by atoms with Crippen molar-refractivity contribution in [2.24, 2.45) is 0 Å². The summed E-state index contributed by atoms with van der Waals surface area (Å²) in [5.74, 6) is 0.0939. The zero-order valence-corrected chi connectivity index (χ0v) is 15.6. The summed E-state index contributed by atoms with van der Waals surface area (Å²) in [4.78, 5) is 29.0. The van der Waals surface area contributed by atoms with Crippen molar-refractivity contribution >= 4 is 17.4 Å². The summed E-state index contributed by atoms with van der Waals surface area (Å²) in [6.07, 6.45) is 3.59. The second-order valence-corrected chi connectivity index (χ2v) is 7.32. The van der Waals surface area contributed by atoms with Crippen molar-refractivity contribution in [1.82, 2.24) is 9.80 Å². The van der Waals surface area contributed by atoms with E-state index >= 15 is 0 Å². The molecule has 1 atom stereocenters. The lowest BCUT2D eigenvalue weighted by molar-refractivity contribution is -0.119. The van der Waals surface area contributed by atoms with E-state index in [-0.39, 0.29) is 17.8 Å². The standard InChI is InChI=1S/C20H29N3O3/c1-22-9-11-23(12-10-22)15-19(24)16-5-7-17(8-6-16)21-20(25)14-18-4-2-3-13-26-18/h5-8,18H,2-4,9-15H2,1H3,(H,21,25). The number of benzene rings is 1. The maximum atomic E-state index is 12.4. The Morgan fingerprint density at radius 2 is 1.85 bits per heavy atom. The first kappa shape index (κ1) is 19.0. The van der Waals surface area contributed by atoms with Gasteiger partial charge in [-0.3, -0.25) is 14.5 Å². The van der Waals surface area contributed by atoms with Crippen LogP contribution in [0.3, 0.4) is 0 Å². The molecule has 0 spiro atoms. The van der Waals surface area contributed by atoms with Crippen LogP contribution in [0.1, 0.15) is 36.0 Å². The van der Waals surface area contributed by atoms with Gasteiger partial charge in [0.15, 0.2) is 5.78 Å². The van der Waals surface area contributed by atoms with Crippen LogP contribution in [0.15, 0.2) is 24.3 Å². The van der Waals surface area contributed by atoms with Crippen LogP contribution < -0.4 is 5.32 Å². The maximum absolute atomic E-state index is 12.4. The lowest BCUT2D eigenvalue weighted by Gasteiger charge is -2.31. The average molecular weight is 359 g/mol. The fraction of sp³-hybridized carbons (Fsp3) is 0.600. The Labute approximate surface area is 155 Å². The Kier molecular flexibility index (Phi) is 6.77. The molecule has 2 aliphatic rings. The zero-order chi connectivity index (χ0) is 18.4. The monoisotopic (exact) mass is 359 g/mol. The first-order valence-corrected chi connectivity index (χ1v) is 9.56.